The first-order chi connectivity index (χ1) is 12.9. The highest BCUT2D eigenvalue weighted by atomic mass is 35.5. The first kappa shape index (κ1) is 18.4. The zero-order valence-corrected chi connectivity index (χ0v) is 17.3. The number of aromatic nitrogens is 1. The van der Waals surface area contributed by atoms with E-state index in [9.17, 15) is 8.42 Å². The van der Waals surface area contributed by atoms with Crippen LogP contribution in [0.2, 0.25) is 10.0 Å². The number of hydrogen-bond acceptors (Lipinski definition) is 4. The average molecular weight is 434 g/mol. The summed E-state index contributed by atoms with van der Waals surface area (Å²) in [6.07, 6.45) is 1.66. The Kier molecular flexibility index (Phi) is 4.72. The van der Waals surface area contributed by atoms with E-state index < -0.39 is 9.84 Å². The maximum absolute atomic E-state index is 13.4. The van der Waals surface area contributed by atoms with Gasteiger partial charge in [-0.25, -0.2) is 13.4 Å². The highest BCUT2D eigenvalue weighted by Crippen LogP contribution is 2.43. The second kappa shape index (κ2) is 6.91. The summed E-state index contributed by atoms with van der Waals surface area (Å²) in [5.41, 5.74) is 2.23. The Labute approximate surface area is 171 Å². The van der Waals surface area contributed by atoms with E-state index in [1.165, 1.54) is 6.07 Å². The van der Waals surface area contributed by atoms with Crippen molar-refractivity contribution in [2.75, 3.05) is 0 Å². The summed E-state index contributed by atoms with van der Waals surface area (Å²) in [4.78, 5) is 5.18. The first-order valence-corrected chi connectivity index (χ1v) is 11.1. The van der Waals surface area contributed by atoms with Gasteiger partial charge in [0, 0.05) is 27.2 Å². The zero-order chi connectivity index (χ0) is 19.2. The third-order valence-corrected chi connectivity index (χ3v) is 8.31. The minimum atomic E-state index is -3.77. The lowest BCUT2D eigenvalue weighted by molar-refractivity contribution is 0.598. The molecule has 4 aromatic rings. The summed E-state index contributed by atoms with van der Waals surface area (Å²) in [6.45, 7) is 1.83. The van der Waals surface area contributed by atoms with Crippen molar-refractivity contribution in [1.82, 2.24) is 4.98 Å². The molecule has 2 aromatic heterocycles. The van der Waals surface area contributed by atoms with E-state index in [1.807, 2.05) is 25.1 Å². The topological polar surface area (TPSA) is 47.0 Å². The molecule has 0 radical (unpaired) electrons. The molecule has 136 valence electrons. The summed E-state index contributed by atoms with van der Waals surface area (Å²) in [5, 5.41) is 1.80. The van der Waals surface area contributed by atoms with Crippen molar-refractivity contribution in [2.24, 2.45) is 0 Å². The number of aryl methyl sites for hydroxylation is 1. The van der Waals surface area contributed by atoms with Gasteiger partial charge in [-0.05, 0) is 54.4 Å². The number of fused-ring (bicyclic) bond motifs is 1. The largest absolute Gasteiger partial charge is 0.245 e. The van der Waals surface area contributed by atoms with Crippen LogP contribution in [0.4, 0.5) is 0 Å². The van der Waals surface area contributed by atoms with Gasteiger partial charge in [-0.2, -0.15) is 0 Å². The van der Waals surface area contributed by atoms with Gasteiger partial charge in [0.1, 0.15) is 9.04 Å². The van der Waals surface area contributed by atoms with Crippen molar-refractivity contribution in [3.8, 4) is 11.1 Å². The van der Waals surface area contributed by atoms with Gasteiger partial charge in [-0.3, -0.25) is 0 Å². The smallest absolute Gasteiger partial charge is 0.216 e. The SMILES string of the molecule is Cc1ccc(S(=O)(=O)c2sc3ncccc3c2-c2ccc(Cl)cc2)cc1Cl. The minimum absolute atomic E-state index is 0.167. The van der Waals surface area contributed by atoms with E-state index in [2.05, 4.69) is 4.98 Å². The van der Waals surface area contributed by atoms with Gasteiger partial charge in [0.15, 0.2) is 0 Å². The third kappa shape index (κ3) is 3.25. The van der Waals surface area contributed by atoms with E-state index in [4.69, 9.17) is 23.2 Å². The highest BCUT2D eigenvalue weighted by Gasteiger charge is 2.27. The average Bonchev–Trinajstić information content (AvgIpc) is 3.05. The fourth-order valence-electron chi connectivity index (χ4n) is 2.84. The van der Waals surface area contributed by atoms with Crippen LogP contribution in [0.1, 0.15) is 5.56 Å². The second-order valence-electron chi connectivity index (χ2n) is 6.04. The van der Waals surface area contributed by atoms with Gasteiger partial charge in [0.05, 0.1) is 4.90 Å². The number of halogens is 2. The van der Waals surface area contributed by atoms with Crippen molar-refractivity contribution in [3.63, 3.8) is 0 Å². The fraction of sp³-hybridized carbons (Fsp3) is 0.0500. The molecule has 0 aliphatic carbocycles. The van der Waals surface area contributed by atoms with Gasteiger partial charge in [-0.1, -0.05) is 41.4 Å². The van der Waals surface area contributed by atoms with Crippen molar-refractivity contribution < 1.29 is 8.42 Å². The van der Waals surface area contributed by atoms with Crippen LogP contribution in [0.15, 0.2) is 69.9 Å². The lowest BCUT2D eigenvalue weighted by Crippen LogP contribution is -2.01. The van der Waals surface area contributed by atoms with Crippen LogP contribution >= 0.6 is 34.5 Å². The predicted octanol–water partition coefficient (Wildman–Crippen LogP) is 6.41. The second-order valence-corrected chi connectivity index (χ2v) is 10.0. The van der Waals surface area contributed by atoms with Gasteiger partial charge >= 0.3 is 0 Å². The fourth-order valence-corrected chi connectivity index (χ4v) is 6.30. The Morgan fingerprint density at radius 1 is 1.00 bits per heavy atom. The van der Waals surface area contributed by atoms with Crippen LogP contribution in [0.25, 0.3) is 21.3 Å². The molecule has 0 fully saturated rings. The molecular formula is C20H13Cl2NO2S2. The van der Waals surface area contributed by atoms with Crippen molar-refractivity contribution in [1.29, 1.82) is 0 Å². The minimum Gasteiger partial charge on any atom is -0.245 e. The molecule has 0 spiro atoms. The molecule has 0 amide bonds. The molecule has 0 atom stereocenters. The van der Waals surface area contributed by atoms with Gasteiger partial charge in [0.2, 0.25) is 9.84 Å². The normalized spacial score (nSPS) is 11.8. The molecule has 27 heavy (non-hydrogen) atoms. The van der Waals surface area contributed by atoms with Crippen LogP contribution in [0.5, 0.6) is 0 Å². The molecule has 0 N–H and O–H groups in total. The maximum Gasteiger partial charge on any atom is 0.216 e. The molecular weight excluding hydrogens is 421 g/mol. The number of nitrogens with zero attached hydrogens (tertiary/aromatic N) is 1. The third-order valence-electron chi connectivity index (χ3n) is 4.26. The molecule has 0 aliphatic heterocycles. The number of pyridine rings is 1. The maximum atomic E-state index is 13.4. The molecule has 0 unspecified atom stereocenters. The molecule has 0 bridgehead atoms. The van der Waals surface area contributed by atoms with E-state index in [-0.39, 0.29) is 9.10 Å². The summed E-state index contributed by atoms with van der Waals surface area (Å²) >= 11 is 13.3. The quantitative estimate of drug-likeness (QED) is 0.374. The molecule has 4 rings (SSSR count). The molecule has 3 nitrogen and oxygen atoms in total. The molecule has 0 saturated heterocycles. The lowest BCUT2D eigenvalue weighted by Gasteiger charge is -2.08. The molecule has 2 heterocycles. The number of rotatable bonds is 3. The number of thiophene rings is 1. The van der Waals surface area contributed by atoms with E-state index >= 15 is 0 Å². The van der Waals surface area contributed by atoms with Crippen LogP contribution in [0, 0.1) is 6.92 Å². The van der Waals surface area contributed by atoms with Crippen molar-refractivity contribution >= 4 is 54.6 Å². The van der Waals surface area contributed by atoms with Gasteiger partial charge in [-0.15, -0.1) is 11.3 Å². The zero-order valence-electron chi connectivity index (χ0n) is 14.1. The number of benzene rings is 2. The number of sulfone groups is 1. The Morgan fingerprint density at radius 3 is 2.44 bits per heavy atom. The molecule has 2 aromatic carbocycles. The van der Waals surface area contributed by atoms with Crippen LogP contribution < -0.4 is 0 Å². The van der Waals surface area contributed by atoms with Crippen LogP contribution in [0.3, 0.4) is 0 Å². The lowest BCUT2D eigenvalue weighted by atomic mass is 10.1. The van der Waals surface area contributed by atoms with Crippen LogP contribution in [-0.4, -0.2) is 13.4 Å². The summed E-state index contributed by atoms with van der Waals surface area (Å²) in [6, 6.07) is 15.6. The Hall–Kier alpha value is -1.92. The van der Waals surface area contributed by atoms with Crippen molar-refractivity contribution in [3.05, 3.63) is 76.4 Å². The highest BCUT2D eigenvalue weighted by molar-refractivity contribution is 7.93. The summed E-state index contributed by atoms with van der Waals surface area (Å²) < 4.78 is 27.1. The summed E-state index contributed by atoms with van der Waals surface area (Å²) in [7, 11) is -3.77. The Balaban J connectivity index is 2.02. The monoisotopic (exact) mass is 433 g/mol. The van der Waals surface area contributed by atoms with E-state index in [0.717, 1.165) is 27.8 Å². The summed E-state index contributed by atoms with van der Waals surface area (Å²) in [5.74, 6) is 0. The molecule has 7 heteroatoms. The molecule has 0 aliphatic rings. The van der Waals surface area contributed by atoms with Gasteiger partial charge in [0.25, 0.3) is 0 Å². The number of hydrogen-bond donors (Lipinski definition) is 0. The van der Waals surface area contributed by atoms with Crippen molar-refractivity contribution in [2.45, 2.75) is 16.0 Å². The predicted molar refractivity (Wildman–Crippen MR) is 112 cm³/mol. The first-order valence-electron chi connectivity index (χ1n) is 8.02. The standard InChI is InChI=1S/C20H13Cl2NO2S2/c1-12-4-9-15(11-17(12)22)27(24,25)20-18(13-5-7-14(21)8-6-13)16-3-2-10-23-19(16)26-20/h2-11H,1H3. The van der Waals surface area contributed by atoms with Gasteiger partial charge < -0.3 is 0 Å². The Bertz CT molecular complexity index is 1260. The van der Waals surface area contributed by atoms with Crippen LogP contribution in [-0.2, 0) is 9.84 Å². The molecule has 0 saturated carbocycles. The van der Waals surface area contributed by atoms with E-state index in [1.54, 1.807) is 36.5 Å². The van der Waals surface area contributed by atoms with E-state index in [0.29, 0.717) is 20.4 Å². The Morgan fingerprint density at radius 2 is 1.74 bits per heavy atom.